The molecule has 0 amide bonds. The van der Waals surface area contributed by atoms with Crippen molar-refractivity contribution in [3.63, 3.8) is 0 Å². The van der Waals surface area contributed by atoms with Gasteiger partial charge in [-0.25, -0.2) is 4.99 Å². The fourth-order valence-electron chi connectivity index (χ4n) is 0.935. The van der Waals surface area contributed by atoms with Crippen molar-refractivity contribution in [2.45, 2.75) is 19.0 Å². The van der Waals surface area contributed by atoms with Gasteiger partial charge in [-0.15, -0.1) is 0 Å². The molecule has 1 unspecified atom stereocenters. The number of rotatable bonds is 7. The van der Waals surface area contributed by atoms with Crippen molar-refractivity contribution < 1.29 is 5.11 Å². The monoisotopic (exact) mass is 189 g/mol. The van der Waals surface area contributed by atoms with Crippen LogP contribution in [0.4, 0.5) is 0 Å². The van der Waals surface area contributed by atoms with Gasteiger partial charge in [0.05, 0.1) is 6.61 Å². The molecule has 0 saturated carbocycles. The average molecular weight is 189 g/mol. The van der Waals surface area contributed by atoms with Crippen LogP contribution in [0.5, 0.6) is 0 Å². The number of aliphatic imine (C=N–C) groups is 1. The van der Waals surface area contributed by atoms with Gasteiger partial charge in [0.15, 0.2) is 5.96 Å². The second-order valence-electron chi connectivity index (χ2n) is 2.68. The Kier molecular flexibility index (Phi) is 7.27. The highest BCUT2D eigenvalue weighted by molar-refractivity contribution is 5.75. The molecule has 0 bridgehead atoms. The molecule has 8 N–H and O–H groups in total. The molecule has 0 fully saturated rings. The summed E-state index contributed by atoms with van der Waals surface area (Å²) in [5.41, 5.74) is 15.8. The normalized spacial score (nSPS) is 12.5. The highest BCUT2D eigenvalue weighted by Crippen LogP contribution is 1.96. The minimum atomic E-state index is -0.138. The quantitative estimate of drug-likeness (QED) is 0.232. The number of aliphatic hydroxyl groups excluding tert-OH is 1. The third-order valence-electron chi connectivity index (χ3n) is 1.48. The summed E-state index contributed by atoms with van der Waals surface area (Å²) in [5.74, 6) is 0.0486. The van der Waals surface area contributed by atoms with E-state index in [0.29, 0.717) is 13.1 Å². The van der Waals surface area contributed by atoms with Gasteiger partial charge in [-0.2, -0.15) is 0 Å². The standard InChI is InChI=1S/C7H19N5O/c8-3-1-2-6(11-4-5-13)12-7(9)10/h6,11,13H,1-5,8H2,(H4,9,10,12). The third-order valence-corrected chi connectivity index (χ3v) is 1.48. The van der Waals surface area contributed by atoms with E-state index in [-0.39, 0.29) is 18.7 Å². The number of hydrogen-bond donors (Lipinski definition) is 5. The van der Waals surface area contributed by atoms with Gasteiger partial charge in [-0.1, -0.05) is 0 Å². The van der Waals surface area contributed by atoms with Crippen LogP contribution in [0.2, 0.25) is 0 Å². The molecule has 78 valence electrons. The van der Waals surface area contributed by atoms with Crippen molar-refractivity contribution in [1.29, 1.82) is 0 Å². The summed E-state index contributed by atoms with van der Waals surface area (Å²) in [6.07, 6.45) is 1.48. The van der Waals surface area contributed by atoms with Crippen molar-refractivity contribution in [3.8, 4) is 0 Å². The van der Waals surface area contributed by atoms with Crippen LogP contribution < -0.4 is 22.5 Å². The molecule has 0 radical (unpaired) electrons. The molecule has 0 aliphatic carbocycles. The van der Waals surface area contributed by atoms with E-state index in [2.05, 4.69) is 10.3 Å². The Labute approximate surface area is 78.2 Å². The van der Waals surface area contributed by atoms with Gasteiger partial charge in [0, 0.05) is 6.54 Å². The number of aliphatic hydroxyl groups is 1. The zero-order chi connectivity index (χ0) is 10.1. The smallest absolute Gasteiger partial charge is 0.187 e. The van der Waals surface area contributed by atoms with Crippen LogP contribution in [0.25, 0.3) is 0 Å². The van der Waals surface area contributed by atoms with E-state index in [0.717, 1.165) is 12.8 Å². The van der Waals surface area contributed by atoms with Crippen LogP contribution in [0, 0.1) is 0 Å². The Balaban J connectivity index is 3.80. The van der Waals surface area contributed by atoms with Crippen molar-refractivity contribution in [3.05, 3.63) is 0 Å². The van der Waals surface area contributed by atoms with Gasteiger partial charge >= 0.3 is 0 Å². The highest BCUT2D eigenvalue weighted by Gasteiger charge is 2.04. The van der Waals surface area contributed by atoms with E-state index in [1.165, 1.54) is 0 Å². The van der Waals surface area contributed by atoms with Crippen LogP contribution >= 0.6 is 0 Å². The Hall–Kier alpha value is -0.850. The average Bonchev–Trinajstić information content (AvgIpc) is 2.09. The highest BCUT2D eigenvalue weighted by atomic mass is 16.3. The van der Waals surface area contributed by atoms with Crippen molar-refractivity contribution in [1.82, 2.24) is 5.32 Å². The van der Waals surface area contributed by atoms with Crippen LogP contribution in [0.1, 0.15) is 12.8 Å². The number of nitrogens with one attached hydrogen (secondary N) is 1. The Bertz CT molecular complexity index is 138. The summed E-state index contributed by atoms with van der Waals surface area (Å²) >= 11 is 0. The molecular formula is C7H19N5O. The third kappa shape index (κ3) is 7.51. The summed E-state index contributed by atoms with van der Waals surface area (Å²) in [4.78, 5) is 3.95. The van der Waals surface area contributed by atoms with Crippen molar-refractivity contribution in [2.24, 2.45) is 22.2 Å². The minimum Gasteiger partial charge on any atom is -0.395 e. The molecule has 13 heavy (non-hydrogen) atoms. The zero-order valence-corrected chi connectivity index (χ0v) is 7.74. The minimum absolute atomic E-state index is 0.0486. The first-order valence-corrected chi connectivity index (χ1v) is 4.33. The Morgan fingerprint density at radius 1 is 1.46 bits per heavy atom. The molecule has 0 spiro atoms. The Morgan fingerprint density at radius 2 is 2.15 bits per heavy atom. The van der Waals surface area contributed by atoms with Crippen molar-refractivity contribution >= 4 is 5.96 Å². The first kappa shape index (κ1) is 12.2. The molecule has 0 aromatic rings. The molecule has 0 aliphatic heterocycles. The molecule has 6 nitrogen and oxygen atoms in total. The molecule has 0 aromatic carbocycles. The predicted molar refractivity (Wildman–Crippen MR) is 53.0 cm³/mol. The summed E-state index contributed by atoms with van der Waals surface area (Å²) < 4.78 is 0. The SMILES string of the molecule is NCCCC(N=C(N)N)NCCO. The van der Waals surface area contributed by atoms with E-state index in [9.17, 15) is 0 Å². The van der Waals surface area contributed by atoms with Gasteiger partial charge in [0.1, 0.15) is 6.17 Å². The first-order chi connectivity index (χ1) is 6.20. The topological polar surface area (TPSA) is 123 Å². The van der Waals surface area contributed by atoms with E-state index >= 15 is 0 Å². The largest absolute Gasteiger partial charge is 0.395 e. The molecule has 0 heterocycles. The molecule has 0 rings (SSSR count). The molecule has 0 aliphatic rings. The lowest BCUT2D eigenvalue weighted by Crippen LogP contribution is -2.35. The number of nitrogens with two attached hydrogens (primary N) is 3. The molecule has 0 aromatic heterocycles. The van der Waals surface area contributed by atoms with E-state index in [1.54, 1.807) is 0 Å². The second-order valence-corrected chi connectivity index (χ2v) is 2.68. The lowest BCUT2D eigenvalue weighted by atomic mass is 10.2. The van der Waals surface area contributed by atoms with Gasteiger partial charge < -0.3 is 22.3 Å². The zero-order valence-electron chi connectivity index (χ0n) is 7.74. The van der Waals surface area contributed by atoms with Gasteiger partial charge in [-0.3, -0.25) is 5.32 Å². The van der Waals surface area contributed by atoms with Gasteiger partial charge in [-0.05, 0) is 19.4 Å². The maximum Gasteiger partial charge on any atom is 0.187 e. The molecule has 1 atom stereocenters. The van der Waals surface area contributed by atoms with Crippen molar-refractivity contribution in [2.75, 3.05) is 19.7 Å². The molecular weight excluding hydrogens is 170 g/mol. The van der Waals surface area contributed by atoms with Crippen LogP contribution in [0.3, 0.4) is 0 Å². The van der Waals surface area contributed by atoms with Gasteiger partial charge in [0.2, 0.25) is 0 Å². The molecule has 0 saturated heterocycles. The lowest BCUT2D eigenvalue weighted by Gasteiger charge is -2.13. The maximum absolute atomic E-state index is 8.58. The number of hydrogen-bond acceptors (Lipinski definition) is 4. The number of nitrogens with zero attached hydrogens (tertiary/aromatic N) is 1. The van der Waals surface area contributed by atoms with Crippen LogP contribution in [0.15, 0.2) is 4.99 Å². The predicted octanol–water partition coefficient (Wildman–Crippen LogP) is -2.09. The summed E-state index contributed by atoms with van der Waals surface area (Å²) in [7, 11) is 0. The van der Waals surface area contributed by atoms with Gasteiger partial charge in [0.25, 0.3) is 0 Å². The number of guanidine groups is 1. The maximum atomic E-state index is 8.58. The summed E-state index contributed by atoms with van der Waals surface area (Å²) in [6.45, 7) is 1.16. The van der Waals surface area contributed by atoms with E-state index in [1.807, 2.05) is 0 Å². The summed E-state index contributed by atoms with van der Waals surface area (Å²) in [5, 5.41) is 11.6. The first-order valence-electron chi connectivity index (χ1n) is 4.33. The summed E-state index contributed by atoms with van der Waals surface area (Å²) in [6, 6.07) is 0. The van der Waals surface area contributed by atoms with E-state index in [4.69, 9.17) is 22.3 Å². The van der Waals surface area contributed by atoms with Crippen LogP contribution in [-0.2, 0) is 0 Å². The fraction of sp³-hybridized carbons (Fsp3) is 0.857. The fourth-order valence-corrected chi connectivity index (χ4v) is 0.935. The molecule has 6 heteroatoms. The Morgan fingerprint density at radius 3 is 2.62 bits per heavy atom. The second kappa shape index (κ2) is 7.78. The lowest BCUT2D eigenvalue weighted by molar-refractivity contribution is 0.282. The van der Waals surface area contributed by atoms with Crippen LogP contribution in [-0.4, -0.2) is 36.9 Å². The van der Waals surface area contributed by atoms with E-state index < -0.39 is 0 Å².